The number of hydrogen-bond donors (Lipinski definition) is 1. The molecule has 1 aliphatic heterocycles. The standard InChI is InChI=1S/C14H15NO2/c1-2-10-12(16)15-13(17)14(10)8-7-9-5-3-4-6-11(9)14/h3-6,10H,2,7-8H2,1H3,(H,15,16,17)/t10-,14-/m0/s1. The molecule has 2 aliphatic rings. The summed E-state index contributed by atoms with van der Waals surface area (Å²) in [6.45, 7) is 1.98. The van der Waals surface area contributed by atoms with E-state index in [1.807, 2.05) is 25.1 Å². The average Bonchev–Trinajstić information content (AvgIpc) is 2.82. The van der Waals surface area contributed by atoms with Crippen molar-refractivity contribution in [1.29, 1.82) is 0 Å². The molecule has 0 unspecified atom stereocenters. The first-order valence-electron chi connectivity index (χ1n) is 6.14. The summed E-state index contributed by atoms with van der Waals surface area (Å²) >= 11 is 0. The Hall–Kier alpha value is -1.64. The Morgan fingerprint density at radius 1 is 1.35 bits per heavy atom. The monoisotopic (exact) mass is 229 g/mol. The van der Waals surface area contributed by atoms with Crippen molar-refractivity contribution >= 4 is 11.8 Å². The van der Waals surface area contributed by atoms with Crippen LogP contribution in [-0.2, 0) is 21.4 Å². The highest BCUT2D eigenvalue weighted by atomic mass is 16.2. The SMILES string of the molecule is CC[C@H]1C(=O)NC(=O)[C@@]12CCc1ccccc12. The predicted molar refractivity (Wildman–Crippen MR) is 63.4 cm³/mol. The third-order valence-corrected chi connectivity index (χ3v) is 4.25. The lowest BCUT2D eigenvalue weighted by Crippen LogP contribution is -2.37. The van der Waals surface area contributed by atoms with Gasteiger partial charge in [-0.25, -0.2) is 0 Å². The zero-order valence-electron chi connectivity index (χ0n) is 9.82. The van der Waals surface area contributed by atoms with E-state index in [1.54, 1.807) is 0 Å². The van der Waals surface area contributed by atoms with Gasteiger partial charge in [0.2, 0.25) is 11.8 Å². The van der Waals surface area contributed by atoms with Crippen LogP contribution in [0.15, 0.2) is 24.3 Å². The molecular weight excluding hydrogens is 214 g/mol. The van der Waals surface area contributed by atoms with Gasteiger partial charge < -0.3 is 0 Å². The molecule has 1 spiro atoms. The second-order valence-corrected chi connectivity index (χ2v) is 4.91. The Morgan fingerprint density at radius 2 is 2.12 bits per heavy atom. The summed E-state index contributed by atoms with van der Waals surface area (Å²) in [5.41, 5.74) is 1.70. The quantitative estimate of drug-likeness (QED) is 0.743. The summed E-state index contributed by atoms with van der Waals surface area (Å²) in [7, 11) is 0. The lowest BCUT2D eigenvalue weighted by molar-refractivity contribution is -0.126. The van der Waals surface area contributed by atoms with Crippen molar-refractivity contribution in [2.24, 2.45) is 5.92 Å². The van der Waals surface area contributed by atoms with Gasteiger partial charge in [0.15, 0.2) is 0 Å². The van der Waals surface area contributed by atoms with Crippen LogP contribution in [0.5, 0.6) is 0 Å². The molecule has 1 saturated heterocycles. The van der Waals surface area contributed by atoms with E-state index in [2.05, 4.69) is 11.4 Å². The highest BCUT2D eigenvalue weighted by Gasteiger charge is 2.57. The Kier molecular flexibility index (Phi) is 2.12. The van der Waals surface area contributed by atoms with E-state index in [9.17, 15) is 9.59 Å². The number of nitrogens with one attached hydrogen (secondary N) is 1. The van der Waals surface area contributed by atoms with Gasteiger partial charge >= 0.3 is 0 Å². The average molecular weight is 229 g/mol. The molecule has 3 heteroatoms. The molecule has 88 valence electrons. The number of hydrogen-bond acceptors (Lipinski definition) is 2. The first-order chi connectivity index (χ1) is 8.20. The van der Waals surface area contributed by atoms with Crippen molar-refractivity contribution in [3.05, 3.63) is 35.4 Å². The van der Waals surface area contributed by atoms with Crippen molar-refractivity contribution in [2.45, 2.75) is 31.6 Å². The second kappa shape index (κ2) is 3.42. The molecule has 2 amide bonds. The van der Waals surface area contributed by atoms with Crippen LogP contribution < -0.4 is 5.32 Å². The highest BCUT2D eigenvalue weighted by molar-refractivity contribution is 6.11. The van der Waals surface area contributed by atoms with Crippen molar-refractivity contribution in [2.75, 3.05) is 0 Å². The van der Waals surface area contributed by atoms with E-state index < -0.39 is 5.41 Å². The lowest BCUT2D eigenvalue weighted by atomic mass is 9.71. The largest absolute Gasteiger partial charge is 0.295 e. The first kappa shape index (κ1) is 10.5. The molecule has 3 rings (SSSR count). The van der Waals surface area contributed by atoms with Crippen molar-refractivity contribution in [3.8, 4) is 0 Å². The summed E-state index contributed by atoms with van der Waals surface area (Å²) in [4.78, 5) is 24.1. The third kappa shape index (κ3) is 1.17. The zero-order chi connectivity index (χ0) is 12.0. The van der Waals surface area contributed by atoms with Gasteiger partial charge in [-0.2, -0.15) is 0 Å². The molecule has 1 fully saturated rings. The van der Waals surface area contributed by atoms with E-state index in [0.717, 1.165) is 18.4 Å². The van der Waals surface area contributed by atoms with E-state index in [1.165, 1.54) is 5.56 Å². The summed E-state index contributed by atoms with van der Waals surface area (Å²) < 4.78 is 0. The van der Waals surface area contributed by atoms with Crippen LogP contribution in [0, 0.1) is 5.92 Å². The van der Waals surface area contributed by atoms with E-state index in [-0.39, 0.29) is 17.7 Å². The number of benzene rings is 1. The minimum atomic E-state index is -0.581. The Bertz CT molecular complexity index is 509. The smallest absolute Gasteiger partial charge is 0.238 e. The normalized spacial score (nSPS) is 30.8. The van der Waals surface area contributed by atoms with Crippen LogP contribution in [0.25, 0.3) is 0 Å². The fourth-order valence-electron chi connectivity index (χ4n) is 3.46. The van der Waals surface area contributed by atoms with Gasteiger partial charge in [0.25, 0.3) is 0 Å². The number of imide groups is 1. The first-order valence-corrected chi connectivity index (χ1v) is 6.14. The molecule has 0 saturated carbocycles. The zero-order valence-corrected chi connectivity index (χ0v) is 9.82. The fourth-order valence-corrected chi connectivity index (χ4v) is 3.46. The molecule has 0 aromatic heterocycles. The molecular formula is C14H15NO2. The number of amides is 2. The summed E-state index contributed by atoms with van der Waals surface area (Å²) in [6, 6.07) is 8.01. The third-order valence-electron chi connectivity index (χ3n) is 4.25. The molecule has 0 bridgehead atoms. The highest BCUT2D eigenvalue weighted by Crippen LogP contribution is 2.48. The molecule has 17 heavy (non-hydrogen) atoms. The number of aryl methyl sites for hydroxylation is 1. The summed E-state index contributed by atoms with van der Waals surface area (Å²) in [5, 5.41) is 2.51. The Morgan fingerprint density at radius 3 is 2.88 bits per heavy atom. The predicted octanol–water partition coefficient (Wildman–Crippen LogP) is 1.55. The fraction of sp³-hybridized carbons (Fsp3) is 0.429. The molecule has 3 nitrogen and oxygen atoms in total. The molecule has 2 atom stereocenters. The maximum Gasteiger partial charge on any atom is 0.238 e. The van der Waals surface area contributed by atoms with Gasteiger partial charge in [0.1, 0.15) is 0 Å². The molecule has 1 heterocycles. The second-order valence-electron chi connectivity index (χ2n) is 4.91. The van der Waals surface area contributed by atoms with Crippen molar-refractivity contribution in [1.82, 2.24) is 5.32 Å². The molecule has 0 radical (unpaired) electrons. The summed E-state index contributed by atoms with van der Waals surface area (Å²) in [5.74, 6) is -0.396. The number of fused-ring (bicyclic) bond motifs is 2. The number of rotatable bonds is 1. The van der Waals surface area contributed by atoms with E-state index in [0.29, 0.717) is 6.42 Å². The van der Waals surface area contributed by atoms with Crippen LogP contribution in [-0.4, -0.2) is 11.8 Å². The number of carbonyl (C=O) groups is 2. The Balaban J connectivity index is 2.20. The van der Waals surface area contributed by atoms with Crippen LogP contribution in [0.1, 0.15) is 30.9 Å². The lowest BCUT2D eigenvalue weighted by Gasteiger charge is -2.26. The number of carbonyl (C=O) groups excluding carboxylic acids is 2. The van der Waals surface area contributed by atoms with Gasteiger partial charge in [0.05, 0.1) is 11.3 Å². The molecule has 1 aromatic rings. The van der Waals surface area contributed by atoms with Gasteiger partial charge in [-0.3, -0.25) is 14.9 Å². The molecule has 1 aromatic carbocycles. The molecule has 1 N–H and O–H groups in total. The van der Waals surface area contributed by atoms with Crippen LogP contribution in [0.3, 0.4) is 0 Å². The maximum absolute atomic E-state index is 12.2. The van der Waals surface area contributed by atoms with E-state index >= 15 is 0 Å². The topological polar surface area (TPSA) is 46.2 Å². The maximum atomic E-state index is 12.2. The van der Waals surface area contributed by atoms with Gasteiger partial charge in [-0.05, 0) is 30.4 Å². The van der Waals surface area contributed by atoms with Gasteiger partial charge in [0, 0.05) is 0 Å². The van der Waals surface area contributed by atoms with Crippen LogP contribution in [0.4, 0.5) is 0 Å². The Labute approximate surface area is 100 Å². The minimum Gasteiger partial charge on any atom is -0.295 e. The van der Waals surface area contributed by atoms with Gasteiger partial charge in [-0.1, -0.05) is 31.2 Å². The van der Waals surface area contributed by atoms with Crippen molar-refractivity contribution < 1.29 is 9.59 Å². The van der Waals surface area contributed by atoms with Gasteiger partial charge in [-0.15, -0.1) is 0 Å². The minimum absolute atomic E-state index is 0.0979. The van der Waals surface area contributed by atoms with E-state index in [4.69, 9.17) is 0 Å². The van der Waals surface area contributed by atoms with Crippen LogP contribution in [0.2, 0.25) is 0 Å². The summed E-state index contributed by atoms with van der Waals surface area (Å²) in [6.07, 6.45) is 2.38. The van der Waals surface area contributed by atoms with Crippen LogP contribution >= 0.6 is 0 Å². The van der Waals surface area contributed by atoms with Crippen molar-refractivity contribution in [3.63, 3.8) is 0 Å². The molecule has 1 aliphatic carbocycles.